The van der Waals surface area contributed by atoms with E-state index in [4.69, 9.17) is 14.2 Å². The molecule has 2 aromatic carbocycles. The van der Waals surface area contributed by atoms with Crippen LogP contribution in [0.4, 0.5) is 5.69 Å². The molecule has 0 radical (unpaired) electrons. The number of anilines is 1. The van der Waals surface area contributed by atoms with E-state index in [1.54, 1.807) is 21.3 Å². The molecule has 0 spiro atoms. The fourth-order valence-electron chi connectivity index (χ4n) is 3.96. The van der Waals surface area contributed by atoms with Crippen molar-refractivity contribution in [2.75, 3.05) is 52.4 Å². The summed E-state index contributed by atoms with van der Waals surface area (Å²) < 4.78 is 16.2. The monoisotopic (exact) mass is 384 g/mol. The first-order valence-electron chi connectivity index (χ1n) is 9.90. The first-order valence-corrected chi connectivity index (χ1v) is 9.90. The summed E-state index contributed by atoms with van der Waals surface area (Å²) in [5.74, 6) is 2.53. The fraction of sp³-hybridized carbons (Fsp3) is 0.478. The number of ether oxygens (including phenoxy) is 3. The van der Waals surface area contributed by atoms with E-state index >= 15 is 0 Å². The lowest BCUT2D eigenvalue weighted by molar-refractivity contribution is 0.196. The van der Waals surface area contributed by atoms with Gasteiger partial charge in [0.25, 0.3) is 0 Å². The highest BCUT2D eigenvalue weighted by Gasteiger charge is 2.22. The summed E-state index contributed by atoms with van der Waals surface area (Å²) in [5, 5.41) is 0. The minimum atomic E-state index is 0.484. The zero-order chi connectivity index (χ0) is 20.1. The number of nitrogens with zero attached hydrogens (tertiary/aromatic N) is 2. The van der Waals surface area contributed by atoms with Gasteiger partial charge in [0.1, 0.15) is 5.75 Å². The second kappa shape index (κ2) is 9.20. The number of piperazine rings is 1. The molecule has 28 heavy (non-hydrogen) atoms. The molecule has 1 aliphatic heterocycles. The van der Waals surface area contributed by atoms with Gasteiger partial charge in [-0.2, -0.15) is 0 Å². The maximum Gasteiger partial charge on any atom is 0.160 e. The molecular formula is C23H32N2O3. The highest BCUT2D eigenvalue weighted by molar-refractivity contribution is 5.53. The minimum absolute atomic E-state index is 0.484. The van der Waals surface area contributed by atoms with Crippen LogP contribution in [0, 0.1) is 6.92 Å². The van der Waals surface area contributed by atoms with Crippen molar-refractivity contribution >= 4 is 5.69 Å². The molecule has 0 saturated carbocycles. The summed E-state index contributed by atoms with van der Waals surface area (Å²) in [7, 11) is 5.08. The van der Waals surface area contributed by atoms with Gasteiger partial charge in [0.2, 0.25) is 0 Å². The second-order valence-corrected chi connectivity index (χ2v) is 7.42. The number of hydrogen-bond acceptors (Lipinski definition) is 5. The smallest absolute Gasteiger partial charge is 0.160 e. The van der Waals surface area contributed by atoms with Crippen molar-refractivity contribution in [1.29, 1.82) is 0 Å². The molecule has 5 nitrogen and oxygen atoms in total. The van der Waals surface area contributed by atoms with Gasteiger partial charge in [-0.3, -0.25) is 4.90 Å². The van der Waals surface area contributed by atoms with Crippen molar-refractivity contribution in [3.63, 3.8) is 0 Å². The third kappa shape index (κ3) is 4.53. The average molecular weight is 385 g/mol. The van der Waals surface area contributed by atoms with Crippen molar-refractivity contribution in [1.82, 2.24) is 4.90 Å². The average Bonchev–Trinajstić information content (AvgIpc) is 2.73. The summed E-state index contributed by atoms with van der Waals surface area (Å²) in [6.45, 7) is 8.64. The Hall–Kier alpha value is -2.40. The van der Waals surface area contributed by atoms with Crippen LogP contribution in [0.3, 0.4) is 0 Å². The lowest BCUT2D eigenvalue weighted by atomic mass is 10.0. The maximum absolute atomic E-state index is 5.44. The first kappa shape index (κ1) is 20.3. The predicted molar refractivity (Wildman–Crippen MR) is 114 cm³/mol. The molecule has 1 heterocycles. The van der Waals surface area contributed by atoms with Gasteiger partial charge >= 0.3 is 0 Å². The van der Waals surface area contributed by atoms with E-state index in [-0.39, 0.29) is 0 Å². The molecule has 1 aliphatic rings. The third-order valence-electron chi connectivity index (χ3n) is 5.66. The van der Waals surface area contributed by atoms with Crippen LogP contribution in [0.5, 0.6) is 17.2 Å². The Labute approximate surface area is 168 Å². The largest absolute Gasteiger partial charge is 0.496 e. The number of benzene rings is 2. The van der Waals surface area contributed by atoms with E-state index in [0.717, 1.165) is 49.8 Å². The lowest BCUT2D eigenvalue weighted by Crippen LogP contribution is -2.50. The molecule has 1 saturated heterocycles. The molecule has 1 unspecified atom stereocenters. The van der Waals surface area contributed by atoms with Crippen LogP contribution in [0.15, 0.2) is 36.4 Å². The maximum atomic E-state index is 5.44. The van der Waals surface area contributed by atoms with Crippen molar-refractivity contribution < 1.29 is 14.2 Å². The summed E-state index contributed by atoms with van der Waals surface area (Å²) in [5.41, 5.74) is 3.74. The van der Waals surface area contributed by atoms with E-state index in [0.29, 0.717) is 6.04 Å². The highest BCUT2D eigenvalue weighted by atomic mass is 16.5. The quantitative estimate of drug-likeness (QED) is 0.726. The number of methoxy groups -OCH3 is 3. The molecule has 0 aliphatic carbocycles. The molecule has 152 valence electrons. The summed E-state index contributed by atoms with van der Waals surface area (Å²) in [6, 6.07) is 13.1. The van der Waals surface area contributed by atoms with Crippen LogP contribution in [0.2, 0.25) is 0 Å². The van der Waals surface area contributed by atoms with Crippen molar-refractivity contribution in [2.45, 2.75) is 26.3 Å². The van der Waals surface area contributed by atoms with Gasteiger partial charge in [0, 0.05) is 37.9 Å². The van der Waals surface area contributed by atoms with Crippen LogP contribution in [-0.4, -0.2) is 58.5 Å². The summed E-state index contributed by atoms with van der Waals surface area (Å²) in [4.78, 5) is 5.04. The van der Waals surface area contributed by atoms with Crippen LogP contribution in [0.1, 0.15) is 18.1 Å². The van der Waals surface area contributed by atoms with Gasteiger partial charge in [0.05, 0.1) is 21.3 Å². The normalized spacial score (nSPS) is 16.0. The molecule has 3 rings (SSSR count). The molecule has 1 fully saturated rings. The molecule has 0 bridgehead atoms. The van der Waals surface area contributed by atoms with Crippen LogP contribution in [-0.2, 0) is 6.42 Å². The number of hydrogen-bond donors (Lipinski definition) is 0. The first-order chi connectivity index (χ1) is 13.5. The van der Waals surface area contributed by atoms with Gasteiger partial charge in [0.15, 0.2) is 11.5 Å². The molecule has 0 N–H and O–H groups in total. The topological polar surface area (TPSA) is 34.2 Å². The van der Waals surface area contributed by atoms with Gasteiger partial charge in [-0.1, -0.05) is 6.07 Å². The Balaban J connectivity index is 1.58. The summed E-state index contributed by atoms with van der Waals surface area (Å²) >= 11 is 0. The number of rotatable bonds is 7. The lowest BCUT2D eigenvalue weighted by Gasteiger charge is -2.39. The number of aryl methyl sites for hydroxylation is 1. The Kier molecular flexibility index (Phi) is 6.68. The fourth-order valence-corrected chi connectivity index (χ4v) is 3.96. The van der Waals surface area contributed by atoms with Crippen molar-refractivity contribution in [3.8, 4) is 17.2 Å². The van der Waals surface area contributed by atoms with Gasteiger partial charge in [-0.15, -0.1) is 0 Å². The molecule has 0 aromatic heterocycles. The second-order valence-electron chi connectivity index (χ2n) is 7.42. The van der Waals surface area contributed by atoms with E-state index in [1.165, 1.54) is 16.8 Å². The predicted octanol–water partition coefficient (Wildman–Crippen LogP) is 3.77. The third-order valence-corrected chi connectivity index (χ3v) is 5.66. The SMILES string of the molecule is COc1ccc(N2CCN(C(C)Cc3ccc(OC)c(OC)c3)CC2)cc1C. The zero-order valence-electron chi connectivity index (χ0n) is 17.7. The standard InChI is InChI=1S/C23H32N2O3/c1-17-14-20(7-9-21(17)26-3)25-12-10-24(11-13-25)18(2)15-19-6-8-22(27-4)23(16-19)28-5/h6-9,14,16,18H,10-13,15H2,1-5H3. The summed E-state index contributed by atoms with van der Waals surface area (Å²) in [6.07, 6.45) is 1.00. The van der Waals surface area contributed by atoms with E-state index in [2.05, 4.69) is 54.0 Å². The zero-order valence-corrected chi connectivity index (χ0v) is 17.7. The van der Waals surface area contributed by atoms with Gasteiger partial charge in [-0.05, 0) is 61.7 Å². The van der Waals surface area contributed by atoms with Crippen molar-refractivity contribution in [2.24, 2.45) is 0 Å². The Morgan fingerprint density at radius 1 is 0.821 bits per heavy atom. The molecule has 5 heteroatoms. The van der Waals surface area contributed by atoms with Crippen LogP contribution < -0.4 is 19.1 Å². The highest BCUT2D eigenvalue weighted by Crippen LogP contribution is 2.29. The van der Waals surface area contributed by atoms with E-state index < -0.39 is 0 Å². The van der Waals surface area contributed by atoms with Gasteiger partial charge < -0.3 is 19.1 Å². The van der Waals surface area contributed by atoms with Crippen LogP contribution in [0.25, 0.3) is 0 Å². The molecule has 0 amide bonds. The van der Waals surface area contributed by atoms with E-state index in [1.807, 2.05) is 6.07 Å². The Morgan fingerprint density at radius 2 is 1.46 bits per heavy atom. The van der Waals surface area contributed by atoms with E-state index in [9.17, 15) is 0 Å². The Bertz CT molecular complexity index is 785. The Morgan fingerprint density at radius 3 is 2.07 bits per heavy atom. The van der Waals surface area contributed by atoms with Gasteiger partial charge in [-0.25, -0.2) is 0 Å². The van der Waals surface area contributed by atoms with Crippen LogP contribution >= 0.6 is 0 Å². The molecule has 1 atom stereocenters. The van der Waals surface area contributed by atoms with Crippen molar-refractivity contribution in [3.05, 3.63) is 47.5 Å². The molecular weight excluding hydrogens is 352 g/mol. The molecule has 2 aromatic rings. The minimum Gasteiger partial charge on any atom is -0.496 e.